The first-order valence-electron chi connectivity index (χ1n) is 10.2. The van der Waals surface area contributed by atoms with Gasteiger partial charge in [-0.2, -0.15) is 0 Å². The molecule has 0 aromatic carbocycles. The van der Waals surface area contributed by atoms with Crippen molar-refractivity contribution >= 4 is 35.6 Å². The van der Waals surface area contributed by atoms with Crippen molar-refractivity contribution < 1.29 is 44.4 Å². The first kappa shape index (κ1) is 30.5. The molecule has 0 aliphatic heterocycles. The quantitative estimate of drug-likeness (QED) is 0.0586. The Labute approximate surface area is 194 Å². The fourth-order valence-electron chi connectivity index (χ4n) is 2.55. The van der Waals surface area contributed by atoms with Crippen molar-refractivity contribution in [1.29, 1.82) is 0 Å². The van der Waals surface area contributed by atoms with Gasteiger partial charge >= 0.3 is 11.9 Å². The van der Waals surface area contributed by atoms with E-state index in [0.717, 1.165) is 6.92 Å². The lowest BCUT2D eigenvalue weighted by atomic mass is 10.1. The Balaban J connectivity index is 5.39. The van der Waals surface area contributed by atoms with E-state index >= 15 is 0 Å². The molecule has 0 saturated heterocycles. The summed E-state index contributed by atoms with van der Waals surface area (Å²) in [7, 11) is 0. The van der Waals surface area contributed by atoms with Crippen LogP contribution in [0.2, 0.25) is 0 Å². The molecule has 194 valence electrons. The van der Waals surface area contributed by atoms with Crippen LogP contribution in [0.4, 0.5) is 0 Å². The summed E-state index contributed by atoms with van der Waals surface area (Å²) in [6.07, 6.45) is -3.61. The Morgan fingerprint density at radius 2 is 1.41 bits per heavy atom. The standard InChI is InChI=1S/C18H33N7O9/c1-7(26)12(19)15(31)24-10(6-11(28)29)14(30)25-13(8(2)27)16(32)23-9(17(33)34)4-3-5-22-18(20)21/h7-10,12-13,26-27H,3-6,19H2,1-2H3,(H,23,32)(H,24,31)(H,25,30)(H,28,29)(H,33,34)(H4,20,21,22). The Kier molecular flexibility index (Phi) is 13.1. The molecule has 0 saturated carbocycles. The number of hydrogen-bond donors (Lipinski definition) is 10. The van der Waals surface area contributed by atoms with E-state index in [1.807, 2.05) is 0 Å². The SMILES string of the molecule is CC(O)C(N)C(=O)NC(CC(=O)O)C(=O)NC(C(=O)NC(CCCN=C(N)N)C(=O)O)C(C)O. The van der Waals surface area contributed by atoms with E-state index < -0.39 is 72.5 Å². The van der Waals surface area contributed by atoms with Crippen LogP contribution < -0.4 is 33.2 Å². The van der Waals surface area contributed by atoms with Gasteiger partial charge in [-0.1, -0.05) is 0 Å². The number of carboxylic acid groups (broad SMARTS) is 2. The van der Waals surface area contributed by atoms with Crippen LogP contribution in [-0.4, -0.2) is 99.0 Å². The zero-order chi connectivity index (χ0) is 26.6. The number of aliphatic hydroxyl groups is 2. The number of carbonyl (C=O) groups excluding carboxylic acids is 3. The maximum atomic E-state index is 12.6. The minimum atomic E-state index is -1.71. The van der Waals surface area contributed by atoms with E-state index in [9.17, 15) is 39.3 Å². The molecule has 0 aliphatic carbocycles. The Bertz CT molecular complexity index is 769. The molecular weight excluding hydrogens is 458 g/mol. The number of guanidine groups is 1. The molecule has 0 bridgehead atoms. The van der Waals surface area contributed by atoms with Gasteiger partial charge in [-0.25, -0.2) is 4.79 Å². The molecule has 0 aromatic heterocycles. The molecule has 0 aromatic rings. The molecule has 34 heavy (non-hydrogen) atoms. The number of aliphatic imine (C=N–C) groups is 1. The van der Waals surface area contributed by atoms with Crippen molar-refractivity contribution in [2.45, 2.75) is 69.5 Å². The van der Waals surface area contributed by atoms with Gasteiger partial charge < -0.3 is 53.6 Å². The molecule has 0 radical (unpaired) electrons. The second-order valence-corrected chi connectivity index (χ2v) is 7.50. The van der Waals surface area contributed by atoms with E-state index in [-0.39, 0.29) is 25.3 Å². The molecule has 0 spiro atoms. The van der Waals surface area contributed by atoms with E-state index in [4.69, 9.17) is 22.3 Å². The lowest BCUT2D eigenvalue weighted by Gasteiger charge is -2.26. The number of carboxylic acids is 2. The number of aliphatic carboxylic acids is 2. The van der Waals surface area contributed by atoms with Gasteiger partial charge in [-0.3, -0.25) is 24.2 Å². The van der Waals surface area contributed by atoms with E-state index in [2.05, 4.69) is 20.9 Å². The van der Waals surface area contributed by atoms with Crippen molar-refractivity contribution in [2.24, 2.45) is 22.2 Å². The van der Waals surface area contributed by atoms with Gasteiger partial charge in [-0.05, 0) is 26.7 Å². The largest absolute Gasteiger partial charge is 0.481 e. The summed E-state index contributed by atoms with van der Waals surface area (Å²) in [5.74, 6) is -6.31. The summed E-state index contributed by atoms with van der Waals surface area (Å²) in [5, 5.41) is 44.0. The minimum Gasteiger partial charge on any atom is -0.481 e. The molecule has 6 atom stereocenters. The first-order valence-corrected chi connectivity index (χ1v) is 10.2. The van der Waals surface area contributed by atoms with Crippen LogP contribution in [0.25, 0.3) is 0 Å². The normalized spacial score (nSPS) is 16.0. The topological polar surface area (TPSA) is 293 Å². The van der Waals surface area contributed by atoms with E-state index in [1.165, 1.54) is 6.92 Å². The summed E-state index contributed by atoms with van der Waals surface area (Å²) in [6, 6.07) is -6.27. The van der Waals surface area contributed by atoms with Crippen LogP contribution in [0.5, 0.6) is 0 Å². The highest BCUT2D eigenvalue weighted by molar-refractivity contribution is 5.95. The van der Waals surface area contributed by atoms with Gasteiger partial charge in [0.25, 0.3) is 0 Å². The van der Waals surface area contributed by atoms with Crippen molar-refractivity contribution in [3.63, 3.8) is 0 Å². The van der Waals surface area contributed by atoms with Crippen LogP contribution in [0.1, 0.15) is 33.1 Å². The number of rotatable bonds is 15. The molecule has 0 aliphatic rings. The van der Waals surface area contributed by atoms with Crippen LogP contribution in [0.15, 0.2) is 4.99 Å². The second-order valence-electron chi connectivity index (χ2n) is 7.50. The third kappa shape index (κ3) is 11.4. The molecule has 0 rings (SSSR count). The highest BCUT2D eigenvalue weighted by Crippen LogP contribution is 2.03. The predicted octanol–water partition coefficient (Wildman–Crippen LogP) is -4.86. The Hall–Kier alpha value is -3.50. The summed E-state index contributed by atoms with van der Waals surface area (Å²) in [6.45, 7) is 2.44. The number of nitrogens with zero attached hydrogens (tertiary/aromatic N) is 1. The fourth-order valence-corrected chi connectivity index (χ4v) is 2.55. The van der Waals surface area contributed by atoms with Gasteiger partial charge in [0.2, 0.25) is 17.7 Å². The average molecular weight is 492 g/mol. The van der Waals surface area contributed by atoms with E-state index in [0.29, 0.717) is 0 Å². The maximum Gasteiger partial charge on any atom is 0.326 e. The van der Waals surface area contributed by atoms with Crippen molar-refractivity contribution in [1.82, 2.24) is 16.0 Å². The molecule has 0 heterocycles. The number of nitrogens with one attached hydrogen (secondary N) is 3. The van der Waals surface area contributed by atoms with Gasteiger partial charge in [0, 0.05) is 6.54 Å². The highest BCUT2D eigenvalue weighted by atomic mass is 16.4. The molecular formula is C18H33N7O9. The van der Waals surface area contributed by atoms with Crippen molar-refractivity contribution in [3.8, 4) is 0 Å². The third-order valence-electron chi connectivity index (χ3n) is 4.46. The molecule has 0 fully saturated rings. The van der Waals surface area contributed by atoms with Crippen LogP contribution >= 0.6 is 0 Å². The number of aliphatic hydroxyl groups excluding tert-OH is 2. The fraction of sp³-hybridized carbons (Fsp3) is 0.667. The molecule has 3 amide bonds. The Morgan fingerprint density at radius 3 is 1.85 bits per heavy atom. The smallest absolute Gasteiger partial charge is 0.326 e. The summed E-state index contributed by atoms with van der Waals surface area (Å²) < 4.78 is 0. The lowest BCUT2D eigenvalue weighted by Crippen LogP contribution is -2.60. The summed E-state index contributed by atoms with van der Waals surface area (Å²) in [4.78, 5) is 63.4. The minimum absolute atomic E-state index is 0.0761. The van der Waals surface area contributed by atoms with Gasteiger partial charge in [0.1, 0.15) is 24.2 Å². The summed E-state index contributed by atoms with van der Waals surface area (Å²) in [5.41, 5.74) is 15.8. The zero-order valence-electron chi connectivity index (χ0n) is 18.8. The van der Waals surface area contributed by atoms with Gasteiger partial charge in [-0.15, -0.1) is 0 Å². The predicted molar refractivity (Wildman–Crippen MR) is 117 cm³/mol. The number of nitrogens with two attached hydrogens (primary N) is 3. The number of hydrogen-bond acceptors (Lipinski definition) is 9. The number of carbonyl (C=O) groups is 5. The summed E-state index contributed by atoms with van der Waals surface area (Å²) >= 11 is 0. The van der Waals surface area contributed by atoms with Crippen LogP contribution in [0, 0.1) is 0 Å². The maximum absolute atomic E-state index is 12.6. The molecule has 16 nitrogen and oxygen atoms in total. The van der Waals surface area contributed by atoms with Crippen molar-refractivity contribution in [3.05, 3.63) is 0 Å². The zero-order valence-corrected chi connectivity index (χ0v) is 18.8. The van der Waals surface area contributed by atoms with E-state index in [1.54, 1.807) is 0 Å². The average Bonchev–Trinajstić information content (AvgIpc) is 2.71. The van der Waals surface area contributed by atoms with Crippen LogP contribution in [-0.2, 0) is 24.0 Å². The third-order valence-corrected chi connectivity index (χ3v) is 4.46. The molecule has 6 unspecified atom stereocenters. The van der Waals surface area contributed by atoms with Gasteiger partial charge in [0.05, 0.1) is 18.6 Å². The van der Waals surface area contributed by atoms with Crippen LogP contribution in [0.3, 0.4) is 0 Å². The lowest BCUT2D eigenvalue weighted by molar-refractivity contribution is -0.144. The molecule has 16 heteroatoms. The highest BCUT2D eigenvalue weighted by Gasteiger charge is 2.33. The molecule has 13 N–H and O–H groups in total. The van der Waals surface area contributed by atoms with Crippen molar-refractivity contribution in [2.75, 3.05) is 6.54 Å². The number of amides is 3. The first-order chi connectivity index (χ1) is 15.7. The second kappa shape index (κ2) is 14.6. The Morgan fingerprint density at radius 1 is 0.853 bits per heavy atom. The monoisotopic (exact) mass is 491 g/mol. The van der Waals surface area contributed by atoms with Gasteiger partial charge in [0.15, 0.2) is 5.96 Å².